The number of aryl methyl sites for hydroxylation is 1. The molecule has 0 unspecified atom stereocenters. The van der Waals surface area contributed by atoms with E-state index in [1.165, 1.54) is 22.0 Å². The summed E-state index contributed by atoms with van der Waals surface area (Å²) >= 11 is 0. The monoisotopic (exact) mass is 405 g/mol. The van der Waals surface area contributed by atoms with Gasteiger partial charge in [0.2, 0.25) is 6.79 Å². The quantitative estimate of drug-likeness (QED) is 0.651. The largest absolute Gasteiger partial charge is 0.454 e. The van der Waals surface area contributed by atoms with Crippen LogP contribution in [0.4, 0.5) is 0 Å². The Hall–Kier alpha value is -2.99. The van der Waals surface area contributed by atoms with Crippen LogP contribution in [0.2, 0.25) is 0 Å². The lowest BCUT2D eigenvalue weighted by molar-refractivity contribution is 0.0771. The van der Waals surface area contributed by atoms with E-state index in [9.17, 15) is 4.79 Å². The van der Waals surface area contributed by atoms with Crippen LogP contribution < -0.4 is 9.47 Å². The van der Waals surface area contributed by atoms with Crippen LogP contribution in [0.3, 0.4) is 0 Å². The number of nitrogens with zero attached hydrogens (tertiary/aromatic N) is 2. The third kappa shape index (κ3) is 3.52. The van der Waals surface area contributed by atoms with Crippen LogP contribution in [0.1, 0.15) is 33.5 Å². The first kappa shape index (κ1) is 19.0. The van der Waals surface area contributed by atoms with E-state index in [1.807, 2.05) is 17.0 Å². The zero-order chi connectivity index (χ0) is 20.7. The summed E-state index contributed by atoms with van der Waals surface area (Å²) in [5, 5.41) is 1.32. The van der Waals surface area contributed by atoms with Gasteiger partial charge in [0, 0.05) is 42.3 Å². The number of fused-ring (bicyclic) bond motifs is 3. The Morgan fingerprint density at radius 2 is 1.97 bits per heavy atom. The number of aromatic nitrogens is 1. The Balaban J connectivity index is 1.12. The molecule has 1 amide bonds. The van der Waals surface area contributed by atoms with E-state index in [4.69, 9.17) is 9.47 Å². The predicted molar refractivity (Wildman–Crippen MR) is 116 cm³/mol. The van der Waals surface area contributed by atoms with Crippen molar-refractivity contribution >= 4 is 16.8 Å². The number of H-pyrrole nitrogens is 1. The van der Waals surface area contributed by atoms with Crippen LogP contribution >= 0.6 is 0 Å². The molecular formula is C24H27N3O3. The van der Waals surface area contributed by atoms with E-state index in [-0.39, 0.29) is 12.7 Å². The van der Waals surface area contributed by atoms with Gasteiger partial charge in [-0.25, -0.2) is 0 Å². The van der Waals surface area contributed by atoms with Gasteiger partial charge in [0.05, 0.1) is 0 Å². The van der Waals surface area contributed by atoms with Gasteiger partial charge >= 0.3 is 0 Å². The van der Waals surface area contributed by atoms with Crippen LogP contribution in [0.5, 0.6) is 11.5 Å². The highest BCUT2D eigenvalue weighted by atomic mass is 16.7. The predicted octanol–water partition coefficient (Wildman–Crippen LogP) is 3.73. The van der Waals surface area contributed by atoms with Gasteiger partial charge in [-0.05, 0) is 68.8 Å². The molecule has 2 aliphatic heterocycles. The molecule has 6 heteroatoms. The SMILES string of the molecule is Cc1ccc2[nH]cc(CCN(C)CCCN3Cc4cc5c(cc4C3=O)OCO5)c2c1. The van der Waals surface area contributed by atoms with Crippen LogP contribution in [-0.2, 0) is 13.0 Å². The molecule has 0 radical (unpaired) electrons. The molecule has 156 valence electrons. The molecule has 3 aromatic rings. The maximum atomic E-state index is 12.7. The first-order valence-electron chi connectivity index (χ1n) is 10.6. The van der Waals surface area contributed by atoms with E-state index in [0.717, 1.165) is 49.4 Å². The summed E-state index contributed by atoms with van der Waals surface area (Å²) in [5.41, 5.74) is 5.64. The van der Waals surface area contributed by atoms with Crippen molar-refractivity contribution in [3.8, 4) is 11.5 Å². The zero-order valence-corrected chi connectivity index (χ0v) is 17.5. The summed E-state index contributed by atoms with van der Waals surface area (Å²) in [6, 6.07) is 10.3. The molecule has 0 bridgehead atoms. The second-order valence-electron chi connectivity index (χ2n) is 8.36. The molecule has 0 saturated heterocycles. The third-order valence-corrected chi connectivity index (χ3v) is 6.13. The molecule has 5 rings (SSSR count). The Labute approximate surface area is 176 Å². The molecule has 1 N–H and O–H groups in total. The Bertz CT molecular complexity index is 1100. The molecule has 6 nitrogen and oxygen atoms in total. The van der Waals surface area contributed by atoms with Crippen molar-refractivity contribution in [1.29, 1.82) is 0 Å². The summed E-state index contributed by atoms with van der Waals surface area (Å²) in [6.45, 7) is 5.75. The van der Waals surface area contributed by atoms with Gasteiger partial charge in [-0.1, -0.05) is 11.6 Å². The van der Waals surface area contributed by atoms with Crippen molar-refractivity contribution in [3.63, 3.8) is 0 Å². The molecule has 0 spiro atoms. The van der Waals surface area contributed by atoms with Crippen molar-refractivity contribution in [2.45, 2.75) is 26.3 Å². The minimum absolute atomic E-state index is 0.0973. The van der Waals surface area contributed by atoms with Gasteiger partial charge in [0.25, 0.3) is 5.91 Å². The fourth-order valence-corrected chi connectivity index (χ4v) is 4.40. The van der Waals surface area contributed by atoms with Gasteiger partial charge < -0.3 is 24.3 Å². The summed E-state index contributed by atoms with van der Waals surface area (Å²) in [5.74, 6) is 1.52. The van der Waals surface area contributed by atoms with Crippen LogP contribution in [0.15, 0.2) is 36.5 Å². The maximum Gasteiger partial charge on any atom is 0.254 e. The van der Waals surface area contributed by atoms with Gasteiger partial charge in [-0.15, -0.1) is 0 Å². The van der Waals surface area contributed by atoms with Gasteiger partial charge in [0.1, 0.15) is 0 Å². The number of nitrogens with one attached hydrogen (secondary N) is 1. The highest BCUT2D eigenvalue weighted by Crippen LogP contribution is 2.38. The first-order chi connectivity index (χ1) is 14.6. The molecule has 2 aromatic carbocycles. The zero-order valence-electron chi connectivity index (χ0n) is 17.5. The van der Waals surface area contributed by atoms with Crippen LogP contribution in [0, 0.1) is 6.92 Å². The number of carbonyl (C=O) groups is 1. The lowest BCUT2D eigenvalue weighted by Gasteiger charge is -2.20. The highest BCUT2D eigenvalue weighted by molar-refractivity contribution is 5.99. The topological polar surface area (TPSA) is 57.8 Å². The molecule has 0 saturated carbocycles. The number of hydrogen-bond donors (Lipinski definition) is 1. The Kier molecular flexibility index (Phi) is 4.87. The molecular weight excluding hydrogens is 378 g/mol. The number of carbonyl (C=O) groups excluding carboxylic acids is 1. The molecule has 2 aliphatic rings. The van der Waals surface area contributed by atoms with Crippen molar-refractivity contribution in [2.75, 3.05) is 33.5 Å². The van der Waals surface area contributed by atoms with Crippen LogP contribution in [0.25, 0.3) is 10.9 Å². The number of likely N-dealkylation sites (N-methyl/N-ethyl adjacent to an activating group) is 1. The summed E-state index contributed by atoms with van der Waals surface area (Å²) in [4.78, 5) is 20.4. The number of hydrogen-bond acceptors (Lipinski definition) is 4. The normalized spacial score (nSPS) is 14.9. The van der Waals surface area contributed by atoms with Crippen molar-refractivity contribution < 1.29 is 14.3 Å². The molecule has 0 atom stereocenters. The lowest BCUT2D eigenvalue weighted by atomic mass is 10.1. The average Bonchev–Trinajstić information content (AvgIpc) is 3.43. The Morgan fingerprint density at radius 3 is 2.83 bits per heavy atom. The number of ether oxygens (including phenoxy) is 2. The van der Waals surface area contributed by atoms with Crippen LogP contribution in [-0.4, -0.2) is 54.2 Å². The standard InChI is InChI=1S/C24H27N3O3/c1-16-4-5-21-19(10-16)17(13-25-21)6-9-26(2)7-3-8-27-14-18-11-22-23(30-15-29-22)12-20(18)24(27)28/h4-5,10-13,25H,3,6-9,14-15H2,1-2H3. The fraction of sp³-hybridized carbons (Fsp3) is 0.375. The number of amides is 1. The summed E-state index contributed by atoms with van der Waals surface area (Å²) in [7, 11) is 2.15. The summed E-state index contributed by atoms with van der Waals surface area (Å²) in [6.07, 6.45) is 4.10. The number of rotatable bonds is 7. The highest BCUT2D eigenvalue weighted by Gasteiger charge is 2.30. The van der Waals surface area contributed by atoms with Crippen molar-refractivity contribution in [2.24, 2.45) is 0 Å². The first-order valence-corrected chi connectivity index (χ1v) is 10.6. The van der Waals surface area contributed by atoms with E-state index < -0.39 is 0 Å². The van der Waals surface area contributed by atoms with E-state index >= 15 is 0 Å². The van der Waals surface area contributed by atoms with Crippen molar-refractivity contribution in [3.05, 3.63) is 58.8 Å². The minimum atomic E-state index is 0.0973. The minimum Gasteiger partial charge on any atom is -0.454 e. The number of benzene rings is 2. The number of aromatic amines is 1. The second kappa shape index (κ2) is 7.69. The van der Waals surface area contributed by atoms with Gasteiger partial charge in [0.15, 0.2) is 11.5 Å². The van der Waals surface area contributed by atoms with Crippen molar-refractivity contribution in [1.82, 2.24) is 14.8 Å². The van der Waals surface area contributed by atoms with Gasteiger partial charge in [-0.3, -0.25) is 4.79 Å². The van der Waals surface area contributed by atoms with E-state index in [2.05, 4.69) is 48.3 Å². The lowest BCUT2D eigenvalue weighted by Crippen LogP contribution is -2.29. The molecule has 30 heavy (non-hydrogen) atoms. The molecule has 1 aromatic heterocycles. The maximum absolute atomic E-state index is 12.7. The second-order valence-corrected chi connectivity index (χ2v) is 8.36. The average molecular weight is 405 g/mol. The molecule has 0 aliphatic carbocycles. The smallest absolute Gasteiger partial charge is 0.254 e. The fourth-order valence-electron chi connectivity index (χ4n) is 4.40. The summed E-state index contributed by atoms with van der Waals surface area (Å²) < 4.78 is 10.8. The molecule has 3 heterocycles. The Morgan fingerprint density at radius 1 is 1.13 bits per heavy atom. The van der Waals surface area contributed by atoms with Gasteiger partial charge in [-0.2, -0.15) is 0 Å². The van der Waals surface area contributed by atoms with E-state index in [1.54, 1.807) is 0 Å². The molecule has 0 fully saturated rings. The van der Waals surface area contributed by atoms with E-state index in [0.29, 0.717) is 12.3 Å². The third-order valence-electron chi connectivity index (χ3n) is 6.13.